The highest BCUT2D eigenvalue weighted by Gasteiger charge is 2.25. The van der Waals surface area contributed by atoms with Crippen molar-refractivity contribution in [2.75, 3.05) is 36.5 Å². The number of aromatic nitrogens is 2. The second kappa shape index (κ2) is 11.1. The van der Waals surface area contributed by atoms with Crippen LogP contribution < -0.4 is 21.7 Å². The number of amides is 2. The lowest BCUT2D eigenvalue weighted by Crippen LogP contribution is -2.36. The van der Waals surface area contributed by atoms with Gasteiger partial charge in [-0.2, -0.15) is 0 Å². The number of morpholine rings is 1. The summed E-state index contributed by atoms with van der Waals surface area (Å²) < 4.78 is 5.43. The number of hydrogen-bond donors (Lipinski definition) is 3. The average Bonchev–Trinajstić information content (AvgIpc) is 2.94. The summed E-state index contributed by atoms with van der Waals surface area (Å²) in [5, 5.41) is 3.24. The van der Waals surface area contributed by atoms with Crippen molar-refractivity contribution in [1.29, 1.82) is 0 Å². The summed E-state index contributed by atoms with van der Waals surface area (Å²) in [7, 11) is 0. The Hall–Kier alpha value is -4.76. The van der Waals surface area contributed by atoms with E-state index in [1.165, 1.54) is 0 Å². The van der Waals surface area contributed by atoms with Crippen molar-refractivity contribution >= 4 is 29.1 Å². The van der Waals surface area contributed by atoms with Crippen molar-refractivity contribution in [3.63, 3.8) is 0 Å². The van der Waals surface area contributed by atoms with Crippen molar-refractivity contribution in [3.8, 4) is 11.3 Å². The number of primary amides is 2. The summed E-state index contributed by atoms with van der Waals surface area (Å²) in [4.78, 5) is 36.1. The van der Waals surface area contributed by atoms with Crippen LogP contribution in [0.4, 0.5) is 17.3 Å². The summed E-state index contributed by atoms with van der Waals surface area (Å²) >= 11 is 0. The zero-order chi connectivity index (χ0) is 26.5. The zero-order valence-corrected chi connectivity index (χ0v) is 20.7. The standard InChI is InChI=1S/C29H28N6O3/c30-27(36)23-11-6-20(18-24(23)26(28(31)37)19-4-2-1-3-5-19)25-12-13-32-29(34-25)33-21-7-9-22(10-8-21)35-14-16-38-17-15-35/h1-13,18,26H,14-17H2,(H2,30,36)(H2,31,37)(H,32,33,34). The maximum absolute atomic E-state index is 12.5. The van der Waals surface area contributed by atoms with Gasteiger partial charge < -0.3 is 26.4 Å². The number of hydrogen-bond acceptors (Lipinski definition) is 7. The lowest BCUT2D eigenvalue weighted by molar-refractivity contribution is -0.118. The van der Waals surface area contributed by atoms with Gasteiger partial charge in [-0.05, 0) is 53.6 Å². The first-order chi connectivity index (χ1) is 18.5. The fourth-order valence-corrected chi connectivity index (χ4v) is 4.61. The van der Waals surface area contributed by atoms with E-state index in [0.29, 0.717) is 28.3 Å². The number of nitrogens with one attached hydrogen (secondary N) is 1. The second-order valence-corrected chi connectivity index (χ2v) is 8.95. The zero-order valence-electron chi connectivity index (χ0n) is 20.7. The Balaban J connectivity index is 1.43. The molecule has 1 atom stereocenters. The van der Waals surface area contributed by atoms with Crippen LogP contribution in [0.5, 0.6) is 0 Å². The molecule has 1 aromatic heterocycles. The molecule has 1 saturated heterocycles. The van der Waals surface area contributed by atoms with Gasteiger partial charge in [0.25, 0.3) is 0 Å². The molecular formula is C29H28N6O3. The monoisotopic (exact) mass is 508 g/mol. The van der Waals surface area contributed by atoms with Gasteiger partial charge in [-0.3, -0.25) is 9.59 Å². The number of anilines is 3. The maximum Gasteiger partial charge on any atom is 0.249 e. The van der Waals surface area contributed by atoms with Gasteiger partial charge in [-0.25, -0.2) is 9.97 Å². The Morgan fingerprint density at radius 2 is 1.66 bits per heavy atom. The van der Waals surface area contributed by atoms with Gasteiger partial charge in [-0.15, -0.1) is 0 Å². The van der Waals surface area contributed by atoms with Crippen LogP contribution in [-0.2, 0) is 9.53 Å². The molecule has 1 unspecified atom stereocenters. The first-order valence-corrected chi connectivity index (χ1v) is 12.3. The van der Waals surface area contributed by atoms with Gasteiger partial charge >= 0.3 is 0 Å². The Kier molecular flexibility index (Phi) is 7.28. The summed E-state index contributed by atoms with van der Waals surface area (Å²) in [6, 6.07) is 24.0. The molecule has 38 heavy (non-hydrogen) atoms. The number of rotatable bonds is 8. The van der Waals surface area contributed by atoms with Crippen LogP contribution >= 0.6 is 0 Å². The second-order valence-electron chi connectivity index (χ2n) is 8.95. The van der Waals surface area contributed by atoms with Crippen molar-refractivity contribution in [2.45, 2.75) is 5.92 Å². The third-order valence-corrected chi connectivity index (χ3v) is 6.50. The van der Waals surface area contributed by atoms with Crippen molar-refractivity contribution in [1.82, 2.24) is 9.97 Å². The molecule has 0 spiro atoms. The van der Waals surface area contributed by atoms with E-state index in [-0.39, 0.29) is 5.56 Å². The van der Waals surface area contributed by atoms with Gasteiger partial charge in [0.2, 0.25) is 17.8 Å². The number of nitrogens with two attached hydrogens (primary N) is 2. The Bertz CT molecular complexity index is 1440. The molecule has 2 amide bonds. The minimum atomic E-state index is -0.844. The van der Waals surface area contributed by atoms with E-state index in [4.69, 9.17) is 16.2 Å². The first kappa shape index (κ1) is 24.9. The molecule has 0 aliphatic carbocycles. The van der Waals surface area contributed by atoms with E-state index in [1.807, 2.05) is 30.3 Å². The number of ether oxygens (including phenoxy) is 1. The number of carbonyl (C=O) groups excluding carboxylic acids is 2. The molecular weight excluding hydrogens is 480 g/mol. The molecule has 192 valence electrons. The summed E-state index contributed by atoms with van der Waals surface area (Å²) in [5.74, 6) is -1.65. The molecule has 0 radical (unpaired) electrons. The minimum absolute atomic E-state index is 0.231. The van der Waals surface area contributed by atoms with E-state index < -0.39 is 17.7 Å². The van der Waals surface area contributed by atoms with Gasteiger partial charge in [0.15, 0.2) is 0 Å². The average molecular weight is 509 g/mol. The molecule has 0 bridgehead atoms. The molecule has 9 heteroatoms. The summed E-state index contributed by atoms with van der Waals surface area (Å²) in [5.41, 5.74) is 16.1. The van der Waals surface area contributed by atoms with E-state index in [2.05, 4.69) is 32.3 Å². The fourth-order valence-electron chi connectivity index (χ4n) is 4.61. The molecule has 9 nitrogen and oxygen atoms in total. The molecule has 4 aromatic rings. The van der Waals surface area contributed by atoms with Crippen LogP contribution in [0, 0.1) is 0 Å². The minimum Gasteiger partial charge on any atom is -0.378 e. The van der Waals surface area contributed by atoms with Gasteiger partial charge in [-0.1, -0.05) is 36.4 Å². The molecule has 1 aliphatic rings. The lowest BCUT2D eigenvalue weighted by atomic mass is 9.86. The quantitative estimate of drug-likeness (QED) is 0.332. The first-order valence-electron chi connectivity index (χ1n) is 12.3. The largest absolute Gasteiger partial charge is 0.378 e. The third-order valence-electron chi connectivity index (χ3n) is 6.50. The highest BCUT2D eigenvalue weighted by molar-refractivity contribution is 5.98. The lowest BCUT2D eigenvalue weighted by Gasteiger charge is -2.28. The van der Waals surface area contributed by atoms with Crippen LogP contribution in [0.25, 0.3) is 11.3 Å². The molecule has 5 rings (SSSR count). The Morgan fingerprint density at radius 1 is 0.921 bits per heavy atom. The normalized spacial score (nSPS) is 14.1. The molecule has 1 fully saturated rings. The van der Waals surface area contributed by atoms with Gasteiger partial charge in [0, 0.05) is 41.8 Å². The Morgan fingerprint density at radius 3 is 2.34 bits per heavy atom. The molecule has 3 aromatic carbocycles. The van der Waals surface area contributed by atoms with Crippen LogP contribution in [0.3, 0.4) is 0 Å². The van der Waals surface area contributed by atoms with Gasteiger partial charge in [0.05, 0.1) is 24.8 Å². The number of nitrogens with zero attached hydrogens (tertiary/aromatic N) is 3. The van der Waals surface area contributed by atoms with Crippen molar-refractivity contribution in [3.05, 3.63) is 102 Å². The molecule has 5 N–H and O–H groups in total. The van der Waals surface area contributed by atoms with E-state index in [9.17, 15) is 9.59 Å². The predicted octanol–water partition coefficient (Wildman–Crippen LogP) is 3.44. The van der Waals surface area contributed by atoms with E-state index in [0.717, 1.165) is 37.7 Å². The third kappa shape index (κ3) is 5.47. The molecule has 1 aliphatic heterocycles. The Labute approximate surface area is 220 Å². The van der Waals surface area contributed by atoms with Crippen LogP contribution in [0.2, 0.25) is 0 Å². The maximum atomic E-state index is 12.5. The predicted molar refractivity (Wildman–Crippen MR) is 146 cm³/mol. The fraction of sp³-hybridized carbons (Fsp3) is 0.172. The van der Waals surface area contributed by atoms with Crippen molar-refractivity contribution < 1.29 is 14.3 Å². The molecule has 0 saturated carbocycles. The number of benzene rings is 3. The van der Waals surface area contributed by atoms with Crippen molar-refractivity contribution in [2.24, 2.45) is 11.5 Å². The summed E-state index contributed by atoms with van der Waals surface area (Å²) in [6.07, 6.45) is 1.65. The van der Waals surface area contributed by atoms with E-state index >= 15 is 0 Å². The smallest absolute Gasteiger partial charge is 0.249 e. The van der Waals surface area contributed by atoms with Gasteiger partial charge in [0.1, 0.15) is 0 Å². The number of carbonyl (C=O) groups is 2. The van der Waals surface area contributed by atoms with E-state index in [1.54, 1.807) is 42.6 Å². The van der Waals surface area contributed by atoms with Crippen LogP contribution in [-0.4, -0.2) is 48.1 Å². The SMILES string of the molecule is NC(=O)c1ccc(-c2ccnc(Nc3ccc(N4CCOCC4)cc3)n2)cc1C(C(N)=O)c1ccccc1. The topological polar surface area (TPSA) is 136 Å². The van der Waals surface area contributed by atoms with Crippen LogP contribution in [0.1, 0.15) is 27.4 Å². The highest BCUT2D eigenvalue weighted by Crippen LogP contribution is 2.31. The molecule has 2 heterocycles. The van der Waals surface area contributed by atoms with Crippen LogP contribution in [0.15, 0.2) is 85.1 Å². The summed E-state index contributed by atoms with van der Waals surface area (Å²) in [6.45, 7) is 3.20. The highest BCUT2D eigenvalue weighted by atomic mass is 16.5.